The average molecular weight is 446 g/mol. The molecular formula is C26H27N3O4. The van der Waals surface area contributed by atoms with Gasteiger partial charge in [0.25, 0.3) is 5.56 Å². The molecule has 1 atom stereocenters. The maximum absolute atomic E-state index is 13.6. The second kappa shape index (κ2) is 8.65. The van der Waals surface area contributed by atoms with Gasteiger partial charge in [-0.3, -0.25) is 14.7 Å². The molecule has 0 radical (unpaired) electrons. The van der Waals surface area contributed by atoms with Crippen LogP contribution in [-0.2, 0) is 4.79 Å². The quantitative estimate of drug-likeness (QED) is 0.582. The number of Topliss-reactive ketones (excluding diaryl/α,β-unsaturated/α-hetero) is 1. The van der Waals surface area contributed by atoms with Gasteiger partial charge in [-0.15, -0.1) is 0 Å². The molecule has 1 aromatic heterocycles. The number of rotatable bonds is 6. The van der Waals surface area contributed by atoms with E-state index in [1.54, 1.807) is 7.11 Å². The van der Waals surface area contributed by atoms with Crippen molar-refractivity contribution in [3.05, 3.63) is 81.3 Å². The summed E-state index contributed by atoms with van der Waals surface area (Å²) in [5, 5.41) is 6.58. The van der Waals surface area contributed by atoms with Crippen molar-refractivity contribution in [3.8, 4) is 17.2 Å². The number of aromatic nitrogens is 2. The second-order valence-corrected chi connectivity index (χ2v) is 8.36. The molecule has 2 aliphatic rings. The lowest BCUT2D eigenvalue weighted by Gasteiger charge is -2.31. The lowest BCUT2D eigenvalue weighted by molar-refractivity contribution is -0.116. The standard InChI is InChI=1S/C26H27N3O4/c1-3-14-33-20-13-12-16(15-21(20)32-2)22-23-18(10-7-11-19(23)30)27-25-24(22)26(31)29(28-25)17-8-5-4-6-9-17/h4-6,8-9,12-13,15,22,27-28H,3,7,10-11,14H2,1-2H3/t22-/m0/s1. The zero-order valence-electron chi connectivity index (χ0n) is 18.8. The number of hydrogen-bond donors (Lipinski definition) is 2. The summed E-state index contributed by atoms with van der Waals surface area (Å²) in [6.45, 7) is 2.63. The number of aromatic amines is 1. The lowest BCUT2D eigenvalue weighted by atomic mass is 9.77. The van der Waals surface area contributed by atoms with E-state index in [-0.39, 0.29) is 11.3 Å². The van der Waals surface area contributed by atoms with Crippen molar-refractivity contribution in [3.63, 3.8) is 0 Å². The van der Waals surface area contributed by atoms with Crippen molar-refractivity contribution in [2.75, 3.05) is 19.0 Å². The number of fused-ring (bicyclic) bond motifs is 1. The molecule has 0 saturated carbocycles. The lowest BCUT2D eigenvalue weighted by Crippen LogP contribution is -2.29. The van der Waals surface area contributed by atoms with Crippen LogP contribution >= 0.6 is 0 Å². The minimum atomic E-state index is -0.480. The van der Waals surface area contributed by atoms with E-state index in [1.807, 2.05) is 55.5 Å². The van der Waals surface area contributed by atoms with Gasteiger partial charge in [0.05, 0.1) is 25.0 Å². The summed E-state index contributed by atoms with van der Waals surface area (Å²) in [6.07, 6.45) is 2.93. The maximum Gasteiger partial charge on any atom is 0.277 e. The number of nitrogens with one attached hydrogen (secondary N) is 2. The smallest absolute Gasteiger partial charge is 0.277 e. The van der Waals surface area contributed by atoms with Crippen LogP contribution in [0.3, 0.4) is 0 Å². The molecule has 1 aliphatic carbocycles. The first-order valence-corrected chi connectivity index (χ1v) is 11.4. The molecule has 2 aromatic carbocycles. The summed E-state index contributed by atoms with van der Waals surface area (Å²) < 4.78 is 12.9. The van der Waals surface area contributed by atoms with Crippen molar-refractivity contribution in [2.45, 2.75) is 38.5 Å². The van der Waals surface area contributed by atoms with Gasteiger partial charge < -0.3 is 14.8 Å². The van der Waals surface area contributed by atoms with E-state index in [0.717, 1.165) is 36.2 Å². The molecular weight excluding hydrogens is 418 g/mol. The molecule has 3 aromatic rings. The highest BCUT2D eigenvalue weighted by Crippen LogP contribution is 2.45. The van der Waals surface area contributed by atoms with E-state index < -0.39 is 5.92 Å². The Morgan fingerprint density at radius 1 is 1.06 bits per heavy atom. The molecule has 2 N–H and O–H groups in total. The minimum absolute atomic E-state index is 0.0801. The van der Waals surface area contributed by atoms with Gasteiger partial charge >= 0.3 is 0 Å². The Balaban J connectivity index is 1.68. The monoisotopic (exact) mass is 445 g/mol. The van der Waals surface area contributed by atoms with E-state index in [2.05, 4.69) is 10.4 Å². The van der Waals surface area contributed by atoms with E-state index in [4.69, 9.17) is 9.47 Å². The first kappa shape index (κ1) is 21.1. The number of ether oxygens (including phenoxy) is 2. The molecule has 0 fully saturated rings. The van der Waals surface area contributed by atoms with Gasteiger partial charge in [-0.25, -0.2) is 4.68 Å². The van der Waals surface area contributed by atoms with E-state index in [9.17, 15) is 9.59 Å². The summed E-state index contributed by atoms with van der Waals surface area (Å²) >= 11 is 0. The molecule has 0 bridgehead atoms. The van der Waals surface area contributed by atoms with Gasteiger partial charge in [0.1, 0.15) is 5.82 Å². The highest BCUT2D eigenvalue weighted by Gasteiger charge is 2.39. The summed E-state index contributed by atoms with van der Waals surface area (Å²) in [6, 6.07) is 15.1. The number of carbonyl (C=O) groups excluding carboxylic acids is 1. The number of nitrogens with zero attached hydrogens (tertiary/aromatic N) is 1. The van der Waals surface area contributed by atoms with Crippen LogP contribution in [0.15, 0.2) is 64.6 Å². The third-order valence-corrected chi connectivity index (χ3v) is 6.23. The van der Waals surface area contributed by atoms with Crippen molar-refractivity contribution in [2.24, 2.45) is 0 Å². The first-order valence-electron chi connectivity index (χ1n) is 11.4. The summed E-state index contributed by atoms with van der Waals surface area (Å²) in [7, 11) is 1.60. The highest BCUT2D eigenvalue weighted by atomic mass is 16.5. The molecule has 2 heterocycles. The van der Waals surface area contributed by atoms with E-state index in [1.165, 1.54) is 4.68 Å². The number of allylic oxidation sites excluding steroid dienone is 2. The number of hydrogen-bond acceptors (Lipinski definition) is 5. The van der Waals surface area contributed by atoms with Crippen LogP contribution in [0.1, 0.15) is 49.7 Å². The largest absolute Gasteiger partial charge is 0.493 e. The van der Waals surface area contributed by atoms with Crippen LogP contribution in [0.5, 0.6) is 11.5 Å². The van der Waals surface area contributed by atoms with Gasteiger partial charge in [0, 0.05) is 23.6 Å². The van der Waals surface area contributed by atoms with Gasteiger partial charge in [0.2, 0.25) is 0 Å². The summed E-state index contributed by atoms with van der Waals surface area (Å²) in [4.78, 5) is 26.7. The zero-order chi connectivity index (χ0) is 22.9. The van der Waals surface area contributed by atoms with Crippen molar-refractivity contribution >= 4 is 11.6 Å². The molecule has 0 amide bonds. The molecule has 5 rings (SSSR count). The van der Waals surface area contributed by atoms with Crippen LogP contribution in [-0.4, -0.2) is 29.3 Å². The molecule has 1 aliphatic heterocycles. The summed E-state index contributed by atoms with van der Waals surface area (Å²) in [5.41, 5.74) is 3.49. The van der Waals surface area contributed by atoms with Crippen molar-refractivity contribution in [1.82, 2.24) is 9.78 Å². The number of benzene rings is 2. The molecule has 33 heavy (non-hydrogen) atoms. The fourth-order valence-corrected chi connectivity index (χ4v) is 4.72. The van der Waals surface area contributed by atoms with Crippen molar-refractivity contribution in [1.29, 1.82) is 0 Å². The van der Waals surface area contributed by atoms with Crippen LogP contribution < -0.4 is 20.3 Å². The third kappa shape index (κ3) is 3.63. The Hall–Kier alpha value is -3.74. The van der Waals surface area contributed by atoms with Crippen LogP contribution in [0, 0.1) is 0 Å². The molecule has 0 spiro atoms. The Morgan fingerprint density at radius 3 is 2.64 bits per heavy atom. The topological polar surface area (TPSA) is 85.4 Å². The number of methoxy groups -OCH3 is 1. The Morgan fingerprint density at radius 2 is 1.88 bits per heavy atom. The predicted molar refractivity (Wildman–Crippen MR) is 127 cm³/mol. The number of ketones is 1. The molecule has 170 valence electrons. The van der Waals surface area contributed by atoms with Gasteiger partial charge in [-0.2, -0.15) is 0 Å². The van der Waals surface area contributed by atoms with E-state index >= 15 is 0 Å². The fourth-order valence-electron chi connectivity index (χ4n) is 4.72. The normalized spacial score (nSPS) is 17.3. The number of anilines is 1. The SMILES string of the molecule is CCCOc1ccc([C@H]2C3=C(CCCC3=O)Nc3[nH]n(-c4ccccc4)c(=O)c32)cc1OC. The van der Waals surface area contributed by atoms with E-state index in [0.29, 0.717) is 41.5 Å². The van der Waals surface area contributed by atoms with Gasteiger partial charge in [-0.1, -0.05) is 31.2 Å². The first-order chi connectivity index (χ1) is 16.1. The Labute approximate surface area is 192 Å². The Kier molecular flexibility index (Phi) is 5.54. The highest BCUT2D eigenvalue weighted by molar-refractivity contribution is 6.01. The van der Waals surface area contributed by atoms with Crippen LogP contribution in [0.4, 0.5) is 5.82 Å². The molecule has 7 heteroatoms. The van der Waals surface area contributed by atoms with Gasteiger partial charge in [0.15, 0.2) is 17.3 Å². The third-order valence-electron chi connectivity index (χ3n) is 6.23. The number of para-hydroxylation sites is 1. The van der Waals surface area contributed by atoms with Crippen LogP contribution in [0.25, 0.3) is 5.69 Å². The Bertz CT molecular complexity index is 1290. The second-order valence-electron chi connectivity index (χ2n) is 8.36. The number of H-pyrrole nitrogens is 1. The fraction of sp³-hybridized carbons (Fsp3) is 0.308. The van der Waals surface area contributed by atoms with Gasteiger partial charge in [-0.05, 0) is 49.1 Å². The maximum atomic E-state index is 13.6. The zero-order valence-corrected chi connectivity index (χ0v) is 18.8. The molecule has 0 saturated heterocycles. The molecule has 7 nitrogen and oxygen atoms in total. The van der Waals surface area contributed by atoms with Crippen molar-refractivity contribution < 1.29 is 14.3 Å². The number of carbonyl (C=O) groups is 1. The minimum Gasteiger partial charge on any atom is -0.493 e. The summed E-state index contributed by atoms with van der Waals surface area (Å²) in [5.74, 6) is 1.47. The van der Waals surface area contributed by atoms with Crippen LogP contribution in [0.2, 0.25) is 0 Å². The average Bonchev–Trinajstić information content (AvgIpc) is 3.18. The molecule has 0 unspecified atom stereocenters. The predicted octanol–water partition coefficient (Wildman–Crippen LogP) is 4.53.